The van der Waals surface area contributed by atoms with Gasteiger partial charge in [-0.3, -0.25) is 9.78 Å². The molecule has 2 aromatic heterocycles. The summed E-state index contributed by atoms with van der Waals surface area (Å²) in [5.41, 5.74) is 1.80. The lowest BCUT2D eigenvalue weighted by molar-refractivity contribution is -0.133. The first-order valence-corrected chi connectivity index (χ1v) is 10.6. The zero-order valence-electron chi connectivity index (χ0n) is 17.6. The SMILES string of the molecule is O=C(COc1ccc2ccccc2c1)N1CCN(c2ccc(-c3ccncc3)nn2)CC1. The molecule has 2 aromatic carbocycles. The quantitative estimate of drug-likeness (QED) is 0.488. The van der Waals surface area contributed by atoms with Crippen LogP contribution in [0.4, 0.5) is 5.82 Å². The standard InChI is InChI=1S/C25H23N5O2/c31-25(18-32-22-6-5-19-3-1-2-4-21(19)17-22)30-15-13-29(14-16-30)24-8-7-23(27-28-24)20-9-11-26-12-10-20/h1-12,17H,13-16,18H2. The van der Waals surface area contributed by atoms with E-state index in [2.05, 4.69) is 26.1 Å². The maximum Gasteiger partial charge on any atom is 0.260 e. The predicted octanol–water partition coefficient (Wildman–Crippen LogP) is 3.42. The molecule has 1 aliphatic heterocycles. The molecule has 5 rings (SSSR count). The summed E-state index contributed by atoms with van der Waals surface area (Å²) in [4.78, 5) is 20.7. The topological polar surface area (TPSA) is 71.5 Å². The van der Waals surface area contributed by atoms with Crippen LogP contribution in [0.1, 0.15) is 0 Å². The van der Waals surface area contributed by atoms with Gasteiger partial charge in [0.2, 0.25) is 0 Å². The van der Waals surface area contributed by atoms with Crippen LogP contribution >= 0.6 is 0 Å². The summed E-state index contributed by atoms with van der Waals surface area (Å²) >= 11 is 0. The van der Waals surface area contributed by atoms with Crippen LogP contribution in [0.25, 0.3) is 22.0 Å². The number of aromatic nitrogens is 3. The second kappa shape index (κ2) is 9.01. The fourth-order valence-electron chi connectivity index (χ4n) is 3.85. The molecule has 1 saturated heterocycles. The van der Waals surface area contributed by atoms with E-state index in [4.69, 9.17) is 4.74 Å². The molecular weight excluding hydrogens is 402 g/mol. The highest BCUT2D eigenvalue weighted by molar-refractivity contribution is 5.84. The molecule has 0 saturated carbocycles. The zero-order chi connectivity index (χ0) is 21.8. The molecule has 1 fully saturated rings. The van der Waals surface area contributed by atoms with Crippen molar-refractivity contribution in [3.63, 3.8) is 0 Å². The van der Waals surface area contributed by atoms with Gasteiger partial charge >= 0.3 is 0 Å². The van der Waals surface area contributed by atoms with Crippen LogP contribution in [0.2, 0.25) is 0 Å². The fraction of sp³-hybridized carbons (Fsp3) is 0.200. The molecule has 0 atom stereocenters. The fourth-order valence-corrected chi connectivity index (χ4v) is 3.85. The third-order valence-electron chi connectivity index (χ3n) is 5.67. The van der Waals surface area contributed by atoms with E-state index in [0.717, 1.165) is 27.8 Å². The van der Waals surface area contributed by atoms with E-state index in [1.807, 2.05) is 65.6 Å². The Kier molecular flexibility index (Phi) is 5.61. The number of ether oxygens (including phenoxy) is 1. The number of rotatable bonds is 5. The van der Waals surface area contributed by atoms with Crippen LogP contribution < -0.4 is 9.64 Å². The third-order valence-corrected chi connectivity index (χ3v) is 5.67. The first kappa shape index (κ1) is 19.9. The Morgan fingerprint density at radius 1 is 0.844 bits per heavy atom. The van der Waals surface area contributed by atoms with Gasteiger partial charge in [-0.25, -0.2) is 0 Å². The van der Waals surface area contributed by atoms with Crippen molar-refractivity contribution in [1.29, 1.82) is 0 Å². The Labute approximate surface area is 186 Å². The van der Waals surface area contributed by atoms with Gasteiger partial charge in [0, 0.05) is 44.1 Å². The van der Waals surface area contributed by atoms with Gasteiger partial charge in [0.15, 0.2) is 12.4 Å². The van der Waals surface area contributed by atoms with Crippen molar-refractivity contribution in [2.75, 3.05) is 37.7 Å². The van der Waals surface area contributed by atoms with Gasteiger partial charge in [-0.2, -0.15) is 0 Å². The van der Waals surface area contributed by atoms with Crippen molar-refractivity contribution in [2.24, 2.45) is 0 Å². The number of pyridine rings is 1. The molecule has 160 valence electrons. The Morgan fingerprint density at radius 3 is 2.38 bits per heavy atom. The average Bonchev–Trinajstić information content (AvgIpc) is 2.88. The Balaban J connectivity index is 1.14. The molecular formula is C25H23N5O2. The highest BCUT2D eigenvalue weighted by Gasteiger charge is 2.22. The number of piperazine rings is 1. The van der Waals surface area contributed by atoms with Gasteiger partial charge in [-0.05, 0) is 47.2 Å². The van der Waals surface area contributed by atoms with Gasteiger partial charge < -0.3 is 14.5 Å². The van der Waals surface area contributed by atoms with Crippen molar-refractivity contribution in [3.05, 3.63) is 79.1 Å². The first-order valence-electron chi connectivity index (χ1n) is 10.6. The highest BCUT2D eigenvalue weighted by atomic mass is 16.5. The number of carbonyl (C=O) groups excluding carboxylic acids is 1. The molecule has 1 aliphatic rings. The van der Waals surface area contributed by atoms with Crippen LogP contribution in [0.5, 0.6) is 5.75 Å². The Hall–Kier alpha value is -4.00. The van der Waals surface area contributed by atoms with Gasteiger partial charge in [0.1, 0.15) is 5.75 Å². The molecule has 0 bridgehead atoms. The van der Waals surface area contributed by atoms with Crippen LogP contribution in [0, 0.1) is 0 Å². The highest BCUT2D eigenvalue weighted by Crippen LogP contribution is 2.21. The van der Waals surface area contributed by atoms with Crippen LogP contribution in [0.15, 0.2) is 79.1 Å². The molecule has 3 heterocycles. The second-order valence-corrected chi connectivity index (χ2v) is 7.68. The monoisotopic (exact) mass is 425 g/mol. The summed E-state index contributed by atoms with van der Waals surface area (Å²) in [5, 5.41) is 11.0. The average molecular weight is 425 g/mol. The molecule has 0 aliphatic carbocycles. The largest absolute Gasteiger partial charge is 0.484 e. The molecule has 0 spiro atoms. The minimum atomic E-state index is -0.00284. The van der Waals surface area contributed by atoms with Crippen LogP contribution in [0.3, 0.4) is 0 Å². The number of nitrogens with zero attached hydrogens (tertiary/aromatic N) is 5. The molecule has 7 heteroatoms. The van der Waals surface area contributed by atoms with E-state index >= 15 is 0 Å². The summed E-state index contributed by atoms with van der Waals surface area (Å²) in [7, 11) is 0. The van der Waals surface area contributed by atoms with E-state index in [1.165, 1.54) is 0 Å². The van der Waals surface area contributed by atoms with Crippen molar-refractivity contribution >= 4 is 22.5 Å². The van der Waals surface area contributed by atoms with E-state index in [0.29, 0.717) is 31.9 Å². The lowest BCUT2D eigenvalue weighted by Crippen LogP contribution is -2.50. The molecule has 0 radical (unpaired) electrons. The first-order chi connectivity index (χ1) is 15.8. The van der Waals surface area contributed by atoms with E-state index in [1.54, 1.807) is 12.4 Å². The molecule has 7 nitrogen and oxygen atoms in total. The summed E-state index contributed by atoms with van der Waals surface area (Å²) in [5.74, 6) is 1.53. The van der Waals surface area contributed by atoms with Crippen molar-refractivity contribution < 1.29 is 9.53 Å². The van der Waals surface area contributed by atoms with Gasteiger partial charge in [-0.15, -0.1) is 10.2 Å². The lowest BCUT2D eigenvalue weighted by Gasteiger charge is -2.35. The number of hydrogen-bond donors (Lipinski definition) is 0. The van der Waals surface area contributed by atoms with Crippen LogP contribution in [-0.4, -0.2) is 58.8 Å². The molecule has 0 N–H and O–H groups in total. The summed E-state index contributed by atoms with van der Waals surface area (Å²) < 4.78 is 5.76. The van der Waals surface area contributed by atoms with Crippen molar-refractivity contribution in [3.8, 4) is 17.0 Å². The maximum atomic E-state index is 12.6. The molecule has 1 amide bonds. The van der Waals surface area contributed by atoms with Gasteiger partial charge in [0.25, 0.3) is 5.91 Å². The zero-order valence-corrected chi connectivity index (χ0v) is 17.6. The second-order valence-electron chi connectivity index (χ2n) is 7.68. The van der Waals surface area contributed by atoms with Crippen molar-refractivity contribution in [2.45, 2.75) is 0 Å². The molecule has 0 unspecified atom stereocenters. The Morgan fingerprint density at radius 2 is 1.62 bits per heavy atom. The van der Waals surface area contributed by atoms with E-state index < -0.39 is 0 Å². The predicted molar refractivity (Wildman–Crippen MR) is 123 cm³/mol. The van der Waals surface area contributed by atoms with E-state index in [-0.39, 0.29) is 12.5 Å². The van der Waals surface area contributed by atoms with E-state index in [9.17, 15) is 4.79 Å². The van der Waals surface area contributed by atoms with Gasteiger partial charge in [-0.1, -0.05) is 30.3 Å². The number of anilines is 1. The number of amides is 1. The molecule has 4 aromatic rings. The number of benzene rings is 2. The third kappa shape index (κ3) is 4.37. The van der Waals surface area contributed by atoms with Gasteiger partial charge in [0.05, 0.1) is 5.69 Å². The number of fused-ring (bicyclic) bond motifs is 1. The minimum Gasteiger partial charge on any atom is -0.484 e. The summed E-state index contributed by atoms with van der Waals surface area (Å²) in [6.45, 7) is 2.73. The maximum absolute atomic E-state index is 12.6. The normalized spacial score (nSPS) is 13.9. The Bertz CT molecular complexity index is 1210. The van der Waals surface area contributed by atoms with Crippen LogP contribution in [-0.2, 0) is 4.79 Å². The summed E-state index contributed by atoms with van der Waals surface area (Å²) in [6.07, 6.45) is 3.48. The smallest absolute Gasteiger partial charge is 0.260 e. The number of carbonyl (C=O) groups is 1. The van der Waals surface area contributed by atoms with Crippen molar-refractivity contribution in [1.82, 2.24) is 20.1 Å². The number of hydrogen-bond acceptors (Lipinski definition) is 6. The lowest BCUT2D eigenvalue weighted by atomic mass is 10.1. The minimum absolute atomic E-state index is 0.00284. The molecule has 32 heavy (non-hydrogen) atoms. The summed E-state index contributed by atoms with van der Waals surface area (Å²) in [6, 6.07) is 21.7.